The van der Waals surface area contributed by atoms with Crippen molar-refractivity contribution in [3.05, 3.63) is 47.5 Å². The van der Waals surface area contributed by atoms with Gasteiger partial charge in [-0.2, -0.15) is 0 Å². The summed E-state index contributed by atoms with van der Waals surface area (Å²) in [6.07, 6.45) is 0. The van der Waals surface area contributed by atoms with Crippen molar-refractivity contribution in [3.8, 4) is 23.0 Å². The van der Waals surface area contributed by atoms with Crippen molar-refractivity contribution >= 4 is 5.91 Å². The monoisotopic (exact) mass is 343 g/mol. The van der Waals surface area contributed by atoms with E-state index in [1.54, 1.807) is 44.4 Å². The number of hydrogen-bond acceptors (Lipinski definition) is 5. The van der Waals surface area contributed by atoms with E-state index in [0.29, 0.717) is 42.6 Å². The first-order chi connectivity index (χ1) is 12.1. The smallest absolute Gasteiger partial charge is 0.254 e. The average molecular weight is 343 g/mol. The zero-order valence-corrected chi connectivity index (χ0v) is 14.6. The summed E-state index contributed by atoms with van der Waals surface area (Å²) in [4.78, 5) is 14.4. The van der Waals surface area contributed by atoms with E-state index in [4.69, 9.17) is 18.9 Å². The van der Waals surface area contributed by atoms with Gasteiger partial charge in [-0.1, -0.05) is 6.07 Å². The fraction of sp³-hybridized carbons (Fsp3) is 0.316. The van der Waals surface area contributed by atoms with Gasteiger partial charge in [0.1, 0.15) is 24.7 Å². The lowest BCUT2D eigenvalue weighted by Gasteiger charge is -2.21. The number of hydrogen-bond donors (Lipinski definition) is 0. The lowest BCUT2D eigenvalue weighted by molar-refractivity contribution is 0.0784. The zero-order valence-electron chi connectivity index (χ0n) is 14.6. The Hall–Kier alpha value is -2.89. The summed E-state index contributed by atoms with van der Waals surface area (Å²) in [5, 5.41) is 0. The van der Waals surface area contributed by atoms with Crippen LogP contribution < -0.4 is 18.9 Å². The average Bonchev–Trinajstić information content (AvgIpc) is 2.66. The third kappa shape index (κ3) is 3.79. The normalized spacial score (nSPS) is 12.4. The molecule has 2 aromatic carbocycles. The number of benzene rings is 2. The van der Waals surface area contributed by atoms with Crippen LogP contribution in [0.2, 0.25) is 0 Å². The standard InChI is InChI=1S/C19H21NO5/c1-20(12-13-4-5-17-18(8-13)25-7-6-24-17)19(21)14-9-15(22-2)11-16(10-14)23-3/h4-5,8-11H,6-7,12H2,1-3H3. The molecule has 6 heteroatoms. The lowest BCUT2D eigenvalue weighted by Crippen LogP contribution is -2.26. The topological polar surface area (TPSA) is 57.2 Å². The van der Waals surface area contributed by atoms with Gasteiger partial charge in [-0.15, -0.1) is 0 Å². The minimum absolute atomic E-state index is 0.118. The summed E-state index contributed by atoms with van der Waals surface area (Å²) < 4.78 is 21.6. The third-order valence-corrected chi connectivity index (χ3v) is 3.97. The molecule has 0 aromatic heterocycles. The Kier molecular flexibility index (Phi) is 4.97. The molecule has 132 valence electrons. The fourth-order valence-corrected chi connectivity index (χ4v) is 2.68. The summed E-state index contributed by atoms with van der Waals surface area (Å²) in [7, 11) is 4.87. The van der Waals surface area contributed by atoms with E-state index in [1.165, 1.54) is 0 Å². The highest BCUT2D eigenvalue weighted by molar-refractivity contribution is 5.95. The first-order valence-electron chi connectivity index (χ1n) is 7.98. The molecule has 25 heavy (non-hydrogen) atoms. The van der Waals surface area contributed by atoms with Crippen LogP contribution in [0.5, 0.6) is 23.0 Å². The van der Waals surface area contributed by atoms with Crippen molar-refractivity contribution in [2.24, 2.45) is 0 Å². The van der Waals surface area contributed by atoms with Gasteiger partial charge >= 0.3 is 0 Å². The van der Waals surface area contributed by atoms with Crippen LogP contribution in [0.3, 0.4) is 0 Å². The third-order valence-electron chi connectivity index (χ3n) is 3.97. The minimum Gasteiger partial charge on any atom is -0.497 e. The van der Waals surface area contributed by atoms with Gasteiger partial charge in [0.25, 0.3) is 5.91 Å². The van der Waals surface area contributed by atoms with Gasteiger partial charge < -0.3 is 23.8 Å². The molecule has 0 atom stereocenters. The molecule has 2 aromatic rings. The van der Waals surface area contributed by atoms with Crippen molar-refractivity contribution in [3.63, 3.8) is 0 Å². The van der Waals surface area contributed by atoms with Crippen molar-refractivity contribution in [2.45, 2.75) is 6.54 Å². The molecule has 0 N–H and O–H groups in total. The highest BCUT2D eigenvalue weighted by atomic mass is 16.6. The van der Waals surface area contributed by atoms with E-state index in [1.807, 2.05) is 18.2 Å². The van der Waals surface area contributed by atoms with Gasteiger partial charge in [-0.25, -0.2) is 0 Å². The maximum Gasteiger partial charge on any atom is 0.254 e. The molecule has 0 fully saturated rings. The zero-order chi connectivity index (χ0) is 17.8. The van der Waals surface area contributed by atoms with E-state index in [2.05, 4.69) is 0 Å². The number of ether oxygens (including phenoxy) is 4. The first kappa shape index (κ1) is 17.0. The molecule has 1 aliphatic heterocycles. The molecule has 0 saturated heterocycles. The SMILES string of the molecule is COc1cc(OC)cc(C(=O)N(C)Cc2ccc3c(c2)OCCO3)c1. The Morgan fingerprint density at radius 2 is 1.64 bits per heavy atom. The summed E-state index contributed by atoms with van der Waals surface area (Å²) >= 11 is 0. The van der Waals surface area contributed by atoms with Gasteiger partial charge in [0, 0.05) is 25.2 Å². The number of fused-ring (bicyclic) bond motifs is 1. The summed E-state index contributed by atoms with van der Waals surface area (Å²) in [5.41, 5.74) is 1.48. The molecule has 6 nitrogen and oxygen atoms in total. The van der Waals surface area contributed by atoms with E-state index in [-0.39, 0.29) is 5.91 Å². The molecular formula is C19H21NO5. The second-order valence-electron chi connectivity index (χ2n) is 5.74. The quantitative estimate of drug-likeness (QED) is 0.835. The number of nitrogens with zero attached hydrogens (tertiary/aromatic N) is 1. The van der Waals surface area contributed by atoms with Gasteiger partial charge in [-0.3, -0.25) is 4.79 Å². The lowest BCUT2D eigenvalue weighted by atomic mass is 10.1. The first-order valence-corrected chi connectivity index (χ1v) is 7.98. The van der Waals surface area contributed by atoms with E-state index < -0.39 is 0 Å². The molecule has 0 radical (unpaired) electrons. The van der Waals surface area contributed by atoms with Crippen LogP contribution in [-0.2, 0) is 6.54 Å². The predicted octanol–water partition coefficient (Wildman–Crippen LogP) is 2.75. The second-order valence-corrected chi connectivity index (χ2v) is 5.74. The van der Waals surface area contributed by atoms with Gasteiger partial charge in [-0.05, 0) is 29.8 Å². The van der Waals surface area contributed by atoms with Crippen molar-refractivity contribution in [1.82, 2.24) is 4.90 Å². The fourth-order valence-electron chi connectivity index (χ4n) is 2.68. The van der Waals surface area contributed by atoms with Crippen molar-refractivity contribution in [2.75, 3.05) is 34.5 Å². The Morgan fingerprint density at radius 3 is 2.28 bits per heavy atom. The molecule has 0 aliphatic carbocycles. The molecule has 1 heterocycles. The molecule has 0 bridgehead atoms. The van der Waals surface area contributed by atoms with Crippen LogP contribution in [0.25, 0.3) is 0 Å². The Labute approximate surface area is 146 Å². The Morgan fingerprint density at radius 1 is 1.00 bits per heavy atom. The van der Waals surface area contributed by atoms with Gasteiger partial charge in [0.15, 0.2) is 11.5 Å². The van der Waals surface area contributed by atoms with Gasteiger partial charge in [0.05, 0.1) is 14.2 Å². The van der Waals surface area contributed by atoms with Crippen LogP contribution in [0.15, 0.2) is 36.4 Å². The highest BCUT2D eigenvalue weighted by Crippen LogP contribution is 2.31. The van der Waals surface area contributed by atoms with Crippen molar-refractivity contribution < 1.29 is 23.7 Å². The van der Waals surface area contributed by atoms with E-state index in [9.17, 15) is 4.79 Å². The maximum absolute atomic E-state index is 12.7. The van der Waals surface area contributed by atoms with Crippen LogP contribution >= 0.6 is 0 Å². The van der Waals surface area contributed by atoms with Crippen LogP contribution in [0.1, 0.15) is 15.9 Å². The molecule has 0 spiro atoms. The second kappa shape index (κ2) is 7.34. The highest BCUT2D eigenvalue weighted by Gasteiger charge is 2.17. The summed E-state index contributed by atoms with van der Waals surface area (Å²) in [6.45, 7) is 1.55. The molecule has 1 amide bonds. The maximum atomic E-state index is 12.7. The summed E-state index contributed by atoms with van der Waals surface area (Å²) in [5.74, 6) is 2.49. The number of carbonyl (C=O) groups excluding carboxylic acids is 1. The largest absolute Gasteiger partial charge is 0.497 e. The number of amides is 1. The van der Waals surface area contributed by atoms with E-state index >= 15 is 0 Å². The minimum atomic E-state index is -0.118. The van der Waals surface area contributed by atoms with Crippen LogP contribution in [0.4, 0.5) is 0 Å². The summed E-state index contributed by atoms with van der Waals surface area (Å²) in [6, 6.07) is 10.8. The predicted molar refractivity (Wildman–Crippen MR) is 92.8 cm³/mol. The number of methoxy groups -OCH3 is 2. The Balaban J connectivity index is 1.76. The molecule has 0 saturated carbocycles. The molecule has 3 rings (SSSR count). The molecule has 1 aliphatic rings. The number of carbonyl (C=O) groups is 1. The van der Waals surface area contributed by atoms with E-state index in [0.717, 1.165) is 11.3 Å². The number of rotatable bonds is 5. The Bertz CT molecular complexity index is 752. The van der Waals surface area contributed by atoms with Gasteiger partial charge in [0.2, 0.25) is 0 Å². The molecule has 0 unspecified atom stereocenters. The van der Waals surface area contributed by atoms with Crippen molar-refractivity contribution in [1.29, 1.82) is 0 Å². The molecular weight excluding hydrogens is 322 g/mol. The van der Waals surface area contributed by atoms with Crippen LogP contribution in [-0.4, -0.2) is 45.3 Å². The van der Waals surface area contributed by atoms with Crippen LogP contribution in [0, 0.1) is 0 Å².